The topological polar surface area (TPSA) is 24.5 Å². The van der Waals surface area contributed by atoms with Crippen LogP contribution in [0.1, 0.15) is 26.2 Å². The molecule has 0 aromatic rings. The van der Waals surface area contributed by atoms with Crippen LogP contribution in [0.2, 0.25) is 0 Å². The molecule has 0 amide bonds. The molecule has 2 unspecified atom stereocenters. The number of likely N-dealkylation sites (tertiary alicyclic amines) is 1. The number of nitrogens with one attached hydrogen (secondary N) is 1. The minimum Gasteiger partial charge on any atom is -0.362 e. The maximum absolute atomic E-state index is 5.67. The largest absolute Gasteiger partial charge is 0.362 e. The van der Waals surface area contributed by atoms with Crippen LogP contribution in [0.4, 0.5) is 0 Å². The molecule has 0 bridgehead atoms. The van der Waals surface area contributed by atoms with E-state index in [1.807, 2.05) is 0 Å². The van der Waals surface area contributed by atoms with Crippen molar-refractivity contribution in [2.24, 2.45) is 5.92 Å². The summed E-state index contributed by atoms with van der Waals surface area (Å²) in [6.07, 6.45) is 4.22. The van der Waals surface area contributed by atoms with Crippen molar-refractivity contribution < 1.29 is 4.74 Å². The second-order valence-electron chi connectivity index (χ2n) is 4.87. The van der Waals surface area contributed by atoms with Crippen molar-refractivity contribution in [1.29, 1.82) is 0 Å². The van der Waals surface area contributed by atoms with E-state index < -0.39 is 0 Å². The fourth-order valence-electron chi connectivity index (χ4n) is 2.41. The summed E-state index contributed by atoms with van der Waals surface area (Å²) in [6, 6.07) is 0.547. The Morgan fingerprint density at radius 3 is 2.53 bits per heavy atom. The van der Waals surface area contributed by atoms with E-state index in [-0.39, 0.29) is 12.4 Å². The van der Waals surface area contributed by atoms with Gasteiger partial charge in [0.05, 0.1) is 6.61 Å². The molecule has 2 saturated heterocycles. The number of hydrogen-bond donors (Lipinski definition) is 1. The van der Waals surface area contributed by atoms with Crippen LogP contribution >= 0.6 is 12.4 Å². The predicted molar refractivity (Wildman–Crippen MR) is 64.4 cm³/mol. The molecule has 0 aliphatic carbocycles. The summed E-state index contributed by atoms with van der Waals surface area (Å²) in [4.78, 5) is 2.42. The standard InChI is InChI=1S/C11H22N2O.ClH/c1-9-8-14-11(12-9)7-10-3-5-13(2)6-4-10;/h9-12H,3-8H2,1-2H3;1H. The zero-order chi connectivity index (χ0) is 9.97. The van der Waals surface area contributed by atoms with Crippen molar-refractivity contribution >= 4 is 12.4 Å². The van der Waals surface area contributed by atoms with E-state index in [2.05, 4.69) is 24.2 Å². The molecule has 3 nitrogen and oxygen atoms in total. The summed E-state index contributed by atoms with van der Waals surface area (Å²) >= 11 is 0. The van der Waals surface area contributed by atoms with Crippen LogP contribution in [0.5, 0.6) is 0 Å². The highest BCUT2D eigenvalue weighted by Gasteiger charge is 2.25. The normalized spacial score (nSPS) is 34.0. The van der Waals surface area contributed by atoms with Gasteiger partial charge in [-0.3, -0.25) is 5.32 Å². The highest BCUT2D eigenvalue weighted by atomic mass is 35.5. The number of piperidine rings is 1. The first kappa shape index (κ1) is 13.2. The first-order valence-corrected chi connectivity index (χ1v) is 5.80. The molecule has 0 aromatic carbocycles. The Hall–Kier alpha value is 0.170. The zero-order valence-electron chi connectivity index (χ0n) is 9.74. The Morgan fingerprint density at radius 1 is 1.33 bits per heavy atom. The minimum atomic E-state index is 0. The SMILES string of the molecule is CC1COC(CC2CCN(C)CC2)N1.Cl. The van der Waals surface area contributed by atoms with Gasteiger partial charge in [-0.15, -0.1) is 12.4 Å². The van der Waals surface area contributed by atoms with Crippen molar-refractivity contribution in [3.63, 3.8) is 0 Å². The first-order valence-electron chi connectivity index (χ1n) is 5.80. The van der Waals surface area contributed by atoms with E-state index in [1.54, 1.807) is 0 Å². The molecule has 0 aromatic heterocycles. The quantitative estimate of drug-likeness (QED) is 0.784. The number of nitrogens with zero attached hydrogens (tertiary/aromatic N) is 1. The third-order valence-corrected chi connectivity index (χ3v) is 3.40. The van der Waals surface area contributed by atoms with Crippen LogP contribution in [0.25, 0.3) is 0 Å². The van der Waals surface area contributed by atoms with Crippen LogP contribution in [0.15, 0.2) is 0 Å². The van der Waals surface area contributed by atoms with Crippen LogP contribution in [0, 0.1) is 5.92 Å². The third kappa shape index (κ3) is 3.91. The van der Waals surface area contributed by atoms with Crippen molar-refractivity contribution in [3.05, 3.63) is 0 Å². The summed E-state index contributed by atoms with van der Waals surface area (Å²) in [5.41, 5.74) is 0. The number of ether oxygens (including phenoxy) is 1. The number of hydrogen-bond acceptors (Lipinski definition) is 3. The van der Waals surface area contributed by atoms with Crippen molar-refractivity contribution in [1.82, 2.24) is 10.2 Å². The van der Waals surface area contributed by atoms with Gasteiger partial charge in [-0.2, -0.15) is 0 Å². The summed E-state index contributed by atoms with van der Waals surface area (Å²) in [5.74, 6) is 0.869. The molecule has 90 valence electrons. The lowest BCUT2D eigenvalue weighted by Gasteiger charge is -2.30. The average molecular weight is 235 g/mol. The van der Waals surface area contributed by atoms with Crippen molar-refractivity contribution in [2.75, 3.05) is 26.7 Å². The molecule has 1 N–H and O–H groups in total. The van der Waals surface area contributed by atoms with Crippen LogP contribution in [-0.2, 0) is 4.74 Å². The third-order valence-electron chi connectivity index (χ3n) is 3.40. The van der Waals surface area contributed by atoms with Crippen molar-refractivity contribution in [2.45, 2.75) is 38.5 Å². The van der Waals surface area contributed by atoms with Gasteiger partial charge >= 0.3 is 0 Å². The van der Waals surface area contributed by atoms with Gasteiger partial charge in [0.1, 0.15) is 6.23 Å². The van der Waals surface area contributed by atoms with E-state index in [9.17, 15) is 0 Å². The van der Waals surface area contributed by atoms with Gasteiger partial charge in [0, 0.05) is 6.04 Å². The minimum absolute atomic E-state index is 0. The highest BCUT2D eigenvalue weighted by Crippen LogP contribution is 2.22. The Labute approximate surface area is 99.0 Å². The maximum Gasteiger partial charge on any atom is 0.108 e. The lowest BCUT2D eigenvalue weighted by molar-refractivity contribution is 0.0666. The van der Waals surface area contributed by atoms with E-state index >= 15 is 0 Å². The predicted octanol–water partition coefficient (Wildman–Crippen LogP) is 1.47. The average Bonchev–Trinajstić information content (AvgIpc) is 2.56. The first-order chi connectivity index (χ1) is 6.74. The summed E-state index contributed by atoms with van der Waals surface area (Å²) in [7, 11) is 2.21. The molecule has 0 saturated carbocycles. The van der Waals surface area contributed by atoms with Crippen LogP contribution < -0.4 is 5.32 Å². The number of rotatable bonds is 2. The van der Waals surface area contributed by atoms with E-state index in [0.29, 0.717) is 12.3 Å². The summed E-state index contributed by atoms with van der Waals surface area (Å²) in [5, 5.41) is 3.48. The van der Waals surface area contributed by atoms with Gasteiger partial charge < -0.3 is 9.64 Å². The zero-order valence-corrected chi connectivity index (χ0v) is 10.6. The fourth-order valence-corrected chi connectivity index (χ4v) is 2.41. The summed E-state index contributed by atoms with van der Waals surface area (Å²) < 4.78 is 5.67. The molecule has 4 heteroatoms. The molecule has 2 atom stereocenters. The van der Waals surface area contributed by atoms with Crippen LogP contribution in [-0.4, -0.2) is 43.9 Å². The molecule has 2 heterocycles. The maximum atomic E-state index is 5.67. The smallest absolute Gasteiger partial charge is 0.108 e. The van der Waals surface area contributed by atoms with Gasteiger partial charge in [0.25, 0.3) is 0 Å². The van der Waals surface area contributed by atoms with E-state index in [1.165, 1.54) is 32.4 Å². The van der Waals surface area contributed by atoms with Crippen LogP contribution in [0.3, 0.4) is 0 Å². The fraction of sp³-hybridized carbons (Fsp3) is 1.00. The molecule has 2 aliphatic rings. The molecular weight excluding hydrogens is 212 g/mol. The van der Waals surface area contributed by atoms with Gasteiger partial charge in [-0.1, -0.05) is 0 Å². The Morgan fingerprint density at radius 2 is 2.00 bits per heavy atom. The summed E-state index contributed by atoms with van der Waals surface area (Å²) in [6.45, 7) is 5.59. The second-order valence-corrected chi connectivity index (χ2v) is 4.87. The van der Waals surface area contributed by atoms with E-state index in [4.69, 9.17) is 4.74 Å². The Balaban J connectivity index is 0.00000112. The molecule has 0 spiro atoms. The van der Waals surface area contributed by atoms with Gasteiger partial charge in [0.15, 0.2) is 0 Å². The molecule has 0 radical (unpaired) electrons. The lowest BCUT2D eigenvalue weighted by atomic mass is 9.93. The highest BCUT2D eigenvalue weighted by molar-refractivity contribution is 5.85. The van der Waals surface area contributed by atoms with Gasteiger partial charge in [0.2, 0.25) is 0 Å². The monoisotopic (exact) mass is 234 g/mol. The molecule has 15 heavy (non-hydrogen) atoms. The van der Waals surface area contributed by atoms with E-state index in [0.717, 1.165) is 12.5 Å². The number of halogens is 1. The Kier molecular flexibility index (Phi) is 5.33. The van der Waals surface area contributed by atoms with Gasteiger partial charge in [-0.05, 0) is 52.2 Å². The second kappa shape index (κ2) is 6.04. The van der Waals surface area contributed by atoms with Crippen molar-refractivity contribution in [3.8, 4) is 0 Å². The Bertz CT molecular complexity index is 183. The molecule has 2 fully saturated rings. The molecular formula is C11H23ClN2O. The lowest BCUT2D eigenvalue weighted by Crippen LogP contribution is -2.35. The molecule has 2 rings (SSSR count). The molecule has 2 aliphatic heterocycles. The van der Waals surface area contributed by atoms with Gasteiger partial charge in [-0.25, -0.2) is 0 Å².